The molecule has 0 saturated heterocycles. The molecule has 0 fully saturated rings. The van der Waals surface area contributed by atoms with Gasteiger partial charge in [-0.25, -0.2) is 4.98 Å². The fourth-order valence-corrected chi connectivity index (χ4v) is 2.98. The summed E-state index contributed by atoms with van der Waals surface area (Å²) in [7, 11) is 0. The molecule has 18 heavy (non-hydrogen) atoms. The number of hydrogen-bond donors (Lipinski definition) is 2. The van der Waals surface area contributed by atoms with Crippen molar-refractivity contribution in [2.45, 2.75) is 0 Å². The van der Waals surface area contributed by atoms with Gasteiger partial charge in [0.15, 0.2) is 5.13 Å². The van der Waals surface area contributed by atoms with E-state index in [-0.39, 0.29) is 18.4 Å². The molecule has 2 amide bonds. The quantitative estimate of drug-likeness (QED) is 0.893. The van der Waals surface area contributed by atoms with Crippen molar-refractivity contribution >= 4 is 55.5 Å². The Balaban J connectivity index is 1.81. The molecule has 0 aromatic carbocycles. The topological polar surface area (TPSA) is 71.1 Å². The molecular weight excluding hydrogens is 338 g/mol. The molecule has 2 N–H and O–H groups in total. The third kappa shape index (κ3) is 3.62. The van der Waals surface area contributed by atoms with E-state index in [1.807, 2.05) is 0 Å². The minimum absolute atomic E-state index is 0.0755. The zero-order valence-corrected chi connectivity index (χ0v) is 12.2. The van der Waals surface area contributed by atoms with Gasteiger partial charge in [-0.3, -0.25) is 9.59 Å². The lowest BCUT2D eigenvalue weighted by Gasteiger charge is -2.03. The number of thiazole rings is 1. The molecule has 0 aliphatic carbocycles. The number of aromatic nitrogens is 1. The van der Waals surface area contributed by atoms with E-state index in [0.717, 1.165) is 3.79 Å². The fourth-order valence-electron chi connectivity index (χ4n) is 1.13. The summed E-state index contributed by atoms with van der Waals surface area (Å²) in [5, 5.41) is 7.40. The van der Waals surface area contributed by atoms with Crippen molar-refractivity contribution in [3.8, 4) is 0 Å². The minimum Gasteiger partial charge on any atom is -0.342 e. The first-order chi connectivity index (χ1) is 8.65. The average Bonchev–Trinajstić information content (AvgIpc) is 2.97. The highest BCUT2D eigenvalue weighted by Crippen LogP contribution is 2.21. The highest BCUT2D eigenvalue weighted by Gasteiger charge is 2.10. The highest BCUT2D eigenvalue weighted by atomic mass is 79.9. The van der Waals surface area contributed by atoms with Crippen LogP contribution in [0.5, 0.6) is 0 Å². The Morgan fingerprint density at radius 3 is 2.83 bits per heavy atom. The molecule has 0 aliphatic heterocycles. The van der Waals surface area contributed by atoms with E-state index in [1.165, 1.54) is 22.7 Å². The van der Waals surface area contributed by atoms with Crippen molar-refractivity contribution in [2.75, 3.05) is 11.9 Å². The van der Waals surface area contributed by atoms with Crippen LogP contribution in [0.4, 0.5) is 5.13 Å². The molecule has 2 aromatic heterocycles. The van der Waals surface area contributed by atoms with Crippen LogP contribution in [0.3, 0.4) is 0 Å². The van der Waals surface area contributed by atoms with E-state index in [4.69, 9.17) is 0 Å². The van der Waals surface area contributed by atoms with E-state index < -0.39 is 0 Å². The van der Waals surface area contributed by atoms with E-state index >= 15 is 0 Å². The maximum Gasteiger partial charge on any atom is 0.261 e. The van der Waals surface area contributed by atoms with Gasteiger partial charge in [-0.2, -0.15) is 0 Å². The van der Waals surface area contributed by atoms with Gasteiger partial charge in [0.05, 0.1) is 15.2 Å². The zero-order valence-electron chi connectivity index (χ0n) is 8.97. The number of nitrogens with zero attached hydrogens (tertiary/aromatic N) is 1. The molecule has 0 spiro atoms. The second-order valence-electron chi connectivity index (χ2n) is 3.17. The molecule has 0 radical (unpaired) electrons. The van der Waals surface area contributed by atoms with Gasteiger partial charge in [0, 0.05) is 11.6 Å². The number of amides is 2. The zero-order chi connectivity index (χ0) is 13.0. The van der Waals surface area contributed by atoms with Crippen LogP contribution in [0.1, 0.15) is 9.67 Å². The molecule has 94 valence electrons. The number of carbonyl (C=O) groups is 2. The minimum atomic E-state index is -0.297. The van der Waals surface area contributed by atoms with Crippen molar-refractivity contribution in [1.82, 2.24) is 10.3 Å². The summed E-state index contributed by atoms with van der Waals surface area (Å²) in [6.45, 7) is -0.0755. The fraction of sp³-hybridized carbons (Fsp3) is 0.100. The third-order valence-corrected chi connectivity index (χ3v) is 4.20. The number of rotatable bonds is 4. The van der Waals surface area contributed by atoms with Crippen LogP contribution in [0.2, 0.25) is 0 Å². The molecule has 0 saturated carbocycles. The predicted octanol–water partition coefficient (Wildman–Crippen LogP) is 2.34. The molecule has 5 nitrogen and oxygen atoms in total. The molecule has 2 aromatic rings. The Kier molecular flexibility index (Phi) is 4.45. The predicted molar refractivity (Wildman–Crippen MR) is 75.1 cm³/mol. The molecule has 0 atom stereocenters. The van der Waals surface area contributed by atoms with Crippen molar-refractivity contribution in [3.05, 3.63) is 32.4 Å². The number of halogens is 1. The first kappa shape index (κ1) is 13.2. The summed E-state index contributed by atoms with van der Waals surface area (Å²) >= 11 is 5.91. The van der Waals surface area contributed by atoms with Crippen LogP contribution in [-0.4, -0.2) is 23.3 Å². The van der Waals surface area contributed by atoms with Gasteiger partial charge in [-0.15, -0.1) is 22.7 Å². The van der Waals surface area contributed by atoms with E-state index in [0.29, 0.717) is 10.0 Å². The van der Waals surface area contributed by atoms with Crippen molar-refractivity contribution in [2.24, 2.45) is 0 Å². The van der Waals surface area contributed by atoms with Crippen LogP contribution in [0.25, 0.3) is 0 Å². The summed E-state index contributed by atoms with van der Waals surface area (Å²) in [5.74, 6) is -0.561. The standard InChI is InChI=1S/C10H8BrN3O2S2/c11-7-2-1-6(18-7)9(16)13-5-8(15)14-10-12-3-4-17-10/h1-4H,5H2,(H,13,16)(H,12,14,15). The van der Waals surface area contributed by atoms with Crippen LogP contribution >= 0.6 is 38.6 Å². The Morgan fingerprint density at radius 1 is 1.39 bits per heavy atom. The van der Waals surface area contributed by atoms with Gasteiger partial charge < -0.3 is 10.6 Å². The van der Waals surface area contributed by atoms with Crippen molar-refractivity contribution in [3.63, 3.8) is 0 Å². The Morgan fingerprint density at radius 2 is 2.22 bits per heavy atom. The third-order valence-electron chi connectivity index (χ3n) is 1.89. The van der Waals surface area contributed by atoms with Crippen LogP contribution < -0.4 is 10.6 Å². The van der Waals surface area contributed by atoms with E-state index in [1.54, 1.807) is 23.7 Å². The number of hydrogen-bond acceptors (Lipinski definition) is 5. The monoisotopic (exact) mass is 345 g/mol. The van der Waals surface area contributed by atoms with E-state index in [2.05, 4.69) is 31.5 Å². The van der Waals surface area contributed by atoms with E-state index in [9.17, 15) is 9.59 Å². The molecule has 0 bridgehead atoms. The largest absolute Gasteiger partial charge is 0.342 e. The summed E-state index contributed by atoms with van der Waals surface area (Å²) < 4.78 is 0.875. The van der Waals surface area contributed by atoms with Gasteiger partial charge in [0.2, 0.25) is 5.91 Å². The molecule has 2 heterocycles. The second kappa shape index (κ2) is 6.07. The first-order valence-electron chi connectivity index (χ1n) is 4.88. The van der Waals surface area contributed by atoms with Gasteiger partial charge in [-0.05, 0) is 28.1 Å². The number of thiophene rings is 1. The molecule has 0 aliphatic rings. The van der Waals surface area contributed by atoms with Gasteiger partial charge in [0.1, 0.15) is 0 Å². The lowest BCUT2D eigenvalue weighted by molar-refractivity contribution is -0.115. The maximum absolute atomic E-state index is 11.7. The van der Waals surface area contributed by atoms with Crippen LogP contribution in [0.15, 0.2) is 27.5 Å². The molecular formula is C10H8BrN3O2S2. The highest BCUT2D eigenvalue weighted by molar-refractivity contribution is 9.11. The Hall–Kier alpha value is -1.25. The number of nitrogens with one attached hydrogen (secondary N) is 2. The first-order valence-corrected chi connectivity index (χ1v) is 7.37. The average molecular weight is 346 g/mol. The van der Waals surface area contributed by atoms with Crippen LogP contribution in [-0.2, 0) is 4.79 Å². The van der Waals surface area contributed by atoms with Crippen molar-refractivity contribution in [1.29, 1.82) is 0 Å². The normalized spacial score (nSPS) is 10.1. The lowest BCUT2D eigenvalue weighted by Crippen LogP contribution is -2.32. The van der Waals surface area contributed by atoms with Gasteiger partial charge in [0.25, 0.3) is 5.91 Å². The Bertz CT molecular complexity index is 553. The number of anilines is 1. The smallest absolute Gasteiger partial charge is 0.261 e. The van der Waals surface area contributed by atoms with Crippen LogP contribution in [0, 0.1) is 0 Å². The molecule has 8 heteroatoms. The molecule has 0 unspecified atom stereocenters. The number of carbonyl (C=O) groups excluding carboxylic acids is 2. The van der Waals surface area contributed by atoms with Gasteiger partial charge >= 0.3 is 0 Å². The molecule has 2 rings (SSSR count). The Labute approximate surface area is 119 Å². The van der Waals surface area contributed by atoms with Crippen molar-refractivity contribution < 1.29 is 9.59 Å². The summed E-state index contributed by atoms with van der Waals surface area (Å²) in [5.41, 5.74) is 0. The summed E-state index contributed by atoms with van der Waals surface area (Å²) in [6, 6.07) is 3.48. The maximum atomic E-state index is 11.7. The SMILES string of the molecule is O=C(CNC(=O)c1ccc(Br)s1)Nc1nccs1. The summed E-state index contributed by atoms with van der Waals surface area (Å²) in [4.78, 5) is 27.6. The lowest BCUT2D eigenvalue weighted by atomic mass is 10.4. The second-order valence-corrected chi connectivity index (χ2v) is 6.53. The van der Waals surface area contributed by atoms with Gasteiger partial charge in [-0.1, -0.05) is 0 Å². The summed E-state index contributed by atoms with van der Waals surface area (Å²) in [6.07, 6.45) is 1.60.